The fourth-order valence-corrected chi connectivity index (χ4v) is 2.87. The van der Waals surface area contributed by atoms with Gasteiger partial charge >= 0.3 is 0 Å². The average Bonchev–Trinajstić information content (AvgIpc) is 2.59. The van der Waals surface area contributed by atoms with Crippen molar-refractivity contribution >= 4 is 21.9 Å². The van der Waals surface area contributed by atoms with Gasteiger partial charge in [0.1, 0.15) is 24.9 Å². The number of aliphatic hydroxyl groups is 1. The van der Waals surface area contributed by atoms with Crippen LogP contribution in [0.3, 0.4) is 0 Å². The van der Waals surface area contributed by atoms with Gasteiger partial charge in [0.25, 0.3) is 0 Å². The third-order valence-electron chi connectivity index (χ3n) is 4.14. The summed E-state index contributed by atoms with van der Waals surface area (Å²) in [6, 6.07) is 18.1. The number of hydrogen-bond acceptors (Lipinski definition) is 3. The Hall–Kier alpha value is -2.72. The highest BCUT2D eigenvalue weighted by molar-refractivity contribution is 6.03. The van der Waals surface area contributed by atoms with Gasteiger partial charge in [0, 0.05) is 11.5 Å². The fraction of sp³-hybridized carbons (Fsp3) is 0.158. The second-order valence-corrected chi connectivity index (χ2v) is 5.64. The minimum atomic E-state index is 0.119. The molecule has 1 aliphatic carbocycles. The Balaban J connectivity index is 2.03. The maximum Gasteiger partial charge on any atom is 0.203 e. The number of nitrogens with zero attached hydrogens (tertiary/aromatic N) is 2. The first-order valence-corrected chi connectivity index (χ1v) is 7.63. The normalized spacial score (nSPS) is 13.0. The van der Waals surface area contributed by atoms with Crippen LogP contribution in [0.4, 0.5) is 0 Å². The summed E-state index contributed by atoms with van der Waals surface area (Å²) in [6.07, 6.45) is 0. The molecular formula is C19H17N2O2+. The Kier molecular flexibility index (Phi) is 3.32. The monoisotopic (exact) mass is 305 g/mol. The van der Waals surface area contributed by atoms with Crippen LogP contribution < -0.4 is 9.93 Å². The molecule has 0 bridgehead atoms. The third kappa shape index (κ3) is 2.37. The van der Waals surface area contributed by atoms with Gasteiger partial charge in [-0.05, 0) is 17.5 Å². The zero-order valence-electron chi connectivity index (χ0n) is 12.9. The van der Waals surface area contributed by atoms with Gasteiger partial charge in [0.15, 0.2) is 17.9 Å². The maximum absolute atomic E-state index is 9.08. The number of hydrogen-bond donors (Lipinski definition) is 1. The molecule has 23 heavy (non-hydrogen) atoms. The van der Waals surface area contributed by atoms with Gasteiger partial charge in [0.05, 0.1) is 6.07 Å². The van der Waals surface area contributed by atoms with Crippen LogP contribution >= 0.6 is 0 Å². The van der Waals surface area contributed by atoms with Crippen molar-refractivity contribution in [1.82, 2.24) is 9.56 Å². The third-order valence-corrected chi connectivity index (χ3v) is 4.14. The molecule has 0 radical (unpaired) electrons. The standard InChI is InChI=1S/C19H17N2O2/c1-21(10-11-22)14-7-8-16-18(12-14)23-17-9-6-13-4-2-3-5-15(13)19(17)20-16/h2-9,12,22H,10-11H2,1H3/q+1. The molecular weight excluding hydrogens is 288 g/mol. The van der Waals surface area contributed by atoms with Crippen molar-refractivity contribution in [1.29, 1.82) is 0 Å². The quantitative estimate of drug-likeness (QED) is 0.352. The lowest BCUT2D eigenvalue weighted by Gasteiger charge is -2.08. The SMILES string of the molecule is C[N+](CCO)=c1ccc2nc3c(ccc4ccccc43)oc-2c1. The lowest BCUT2D eigenvalue weighted by Crippen LogP contribution is -2.28. The van der Waals surface area contributed by atoms with Gasteiger partial charge in [0.2, 0.25) is 5.36 Å². The summed E-state index contributed by atoms with van der Waals surface area (Å²) in [4.78, 5) is 4.79. The Morgan fingerprint density at radius 1 is 1.09 bits per heavy atom. The topological polar surface area (TPSA) is 49.3 Å². The summed E-state index contributed by atoms with van der Waals surface area (Å²) in [7, 11) is 1.94. The molecule has 1 N–H and O–H groups in total. The molecule has 0 aromatic heterocycles. The molecule has 2 aromatic rings. The van der Waals surface area contributed by atoms with Crippen LogP contribution in [0.15, 0.2) is 59.0 Å². The molecule has 0 spiro atoms. The van der Waals surface area contributed by atoms with Crippen molar-refractivity contribution in [2.45, 2.75) is 0 Å². The van der Waals surface area contributed by atoms with Crippen LogP contribution in [-0.4, -0.2) is 30.3 Å². The molecule has 1 heterocycles. The molecule has 4 nitrogen and oxygen atoms in total. The molecule has 114 valence electrons. The summed E-state index contributed by atoms with van der Waals surface area (Å²) in [6.45, 7) is 0.699. The van der Waals surface area contributed by atoms with E-state index in [0.29, 0.717) is 6.54 Å². The van der Waals surface area contributed by atoms with Crippen LogP contribution in [0.1, 0.15) is 0 Å². The van der Waals surface area contributed by atoms with E-state index in [9.17, 15) is 0 Å². The largest absolute Gasteiger partial charge is 0.453 e. The van der Waals surface area contributed by atoms with E-state index >= 15 is 0 Å². The second kappa shape index (κ2) is 5.48. The predicted molar refractivity (Wildman–Crippen MR) is 91.3 cm³/mol. The molecule has 2 aromatic carbocycles. The molecule has 0 unspecified atom stereocenters. The van der Waals surface area contributed by atoms with E-state index in [1.54, 1.807) is 0 Å². The Morgan fingerprint density at radius 3 is 2.83 bits per heavy atom. The first-order chi connectivity index (χ1) is 11.3. The van der Waals surface area contributed by atoms with Gasteiger partial charge in [-0.25, -0.2) is 9.56 Å². The molecule has 0 saturated carbocycles. The second-order valence-electron chi connectivity index (χ2n) is 5.64. The van der Waals surface area contributed by atoms with Crippen molar-refractivity contribution in [2.75, 3.05) is 20.2 Å². The molecule has 2 aliphatic rings. The number of benzene rings is 3. The molecule has 4 rings (SSSR count). The van der Waals surface area contributed by atoms with Crippen LogP contribution in [0.25, 0.3) is 33.3 Å². The zero-order chi connectivity index (χ0) is 15.8. The average molecular weight is 305 g/mol. The summed E-state index contributed by atoms with van der Waals surface area (Å²) >= 11 is 0. The van der Waals surface area contributed by atoms with Crippen molar-refractivity contribution in [3.63, 3.8) is 0 Å². The lowest BCUT2D eigenvalue weighted by atomic mass is 10.1. The minimum Gasteiger partial charge on any atom is -0.453 e. The van der Waals surface area contributed by atoms with Crippen molar-refractivity contribution < 1.29 is 9.52 Å². The zero-order valence-corrected chi connectivity index (χ0v) is 12.9. The molecule has 1 aliphatic heterocycles. The molecule has 0 fully saturated rings. The van der Waals surface area contributed by atoms with E-state index in [2.05, 4.69) is 18.2 Å². The molecule has 4 heteroatoms. The smallest absolute Gasteiger partial charge is 0.203 e. The Morgan fingerprint density at radius 2 is 1.96 bits per heavy atom. The van der Waals surface area contributed by atoms with E-state index in [0.717, 1.165) is 38.7 Å². The molecule has 0 atom stereocenters. The Labute approximate surface area is 133 Å². The van der Waals surface area contributed by atoms with Gasteiger partial charge in [-0.15, -0.1) is 0 Å². The highest BCUT2D eigenvalue weighted by Crippen LogP contribution is 2.28. The van der Waals surface area contributed by atoms with Crippen LogP contribution in [0.5, 0.6) is 0 Å². The van der Waals surface area contributed by atoms with Crippen LogP contribution in [-0.2, 0) is 0 Å². The number of rotatable bonds is 2. The molecule has 0 saturated heterocycles. The maximum atomic E-state index is 9.08. The van der Waals surface area contributed by atoms with E-state index in [1.165, 1.54) is 0 Å². The van der Waals surface area contributed by atoms with Gasteiger partial charge in [-0.3, -0.25) is 0 Å². The van der Waals surface area contributed by atoms with Gasteiger partial charge in [-0.2, -0.15) is 0 Å². The van der Waals surface area contributed by atoms with Crippen molar-refractivity contribution in [3.8, 4) is 11.5 Å². The fourth-order valence-electron chi connectivity index (χ4n) is 2.87. The summed E-state index contributed by atoms with van der Waals surface area (Å²) in [5.41, 5.74) is 2.49. The lowest BCUT2D eigenvalue weighted by molar-refractivity contribution is 0.287. The van der Waals surface area contributed by atoms with Gasteiger partial charge < -0.3 is 9.52 Å². The van der Waals surface area contributed by atoms with E-state index in [1.807, 2.05) is 48.0 Å². The van der Waals surface area contributed by atoms with Crippen LogP contribution in [0.2, 0.25) is 0 Å². The van der Waals surface area contributed by atoms with E-state index < -0.39 is 0 Å². The van der Waals surface area contributed by atoms with E-state index in [4.69, 9.17) is 14.5 Å². The summed E-state index contributed by atoms with van der Waals surface area (Å²) < 4.78 is 8.06. The minimum absolute atomic E-state index is 0.119. The van der Waals surface area contributed by atoms with Crippen LogP contribution in [0, 0.1) is 0 Å². The predicted octanol–water partition coefficient (Wildman–Crippen LogP) is 2.48. The number of aromatic nitrogens is 1. The van der Waals surface area contributed by atoms with Crippen molar-refractivity contribution in [2.24, 2.45) is 0 Å². The highest BCUT2D eigenvalue weighted by atomic mass is 16.3. The van der Waals surface area contributed by atoms with E-state index in [-0.39, 0.29) is 6.61 Å². The Bertz CT molecular complexity index is 1050. The number of likely N-dealkylation sites (N-methyl/N-ethyl adjacent to an activating group) is 1. The molecule has 0 amide bonds. The first-order valence-electron chi connectivity index (χ1n) is 7.63. The highest BCUT2D eigenvalue weighted by Gasteiger charge is 2.12. The summed E-state index contributed by atoms with van der Waals surface area (Å²) in [5, 5.41) is 12.3. The van der Waals surface area contributed by atoms with Gasteiger partial charge in [-0.1, -0.05) is 30.3 Å². The van der Waals surface area contributed by atoms with Crippen molar-refractivity contribution in [3.05, 3.63) is 60.0 Å². The number of fused-ring (bicyclic) bond motifs is 4. The summed E-state index contributed by atoms with van der Waals surface area (Å²) in [5.74, 6) is 0.745. The number of aliphatic hydroxyl groups excluding tert-OH is 1. The first kappa shape index (κ1) is 13.9.